The van der Waals surface area contributed by atoms with E-state index in [4.69, 9.17) is 5.73 Å². The van der Waals surface area contributed by atoms with Crippen LogP contribution < -0.4 is 10.6 Å². The van der Waals surface area contributed by atoms with E-state index in [1.54, 1.807) is 12.1 Å². The van der Waals surface area contributed by atoms with Crippen molar-refractivity contribution >= 4 is 17.6 Å². The monoisotopic (exact) mass is 287 g/mol. The molecule has 8 heteroatoms. The Balaban J connectivity index is 2.20. The molecule has 0 radical (unpaired) electrons. The number of hydrogen-bond donors (Lipinski definition) is 1. The number of imide groups is 1. The number of alkyl halides is 3. The lowest BCUT2D eigenvalue weighted by Gasteiger charge is -2.18. The number of nitrogens with zero attached hydrogens (tertiary/aromatic N) is 2. The number of carbonyl (C=O) groups is 2. The predicted octanol–water partition coefficient (Wildman–Crippen LogP) is 1.48. The highest BCUT2D eigenvalue weighted by Crippen LogP contribution is 2.25. The molecular weight excluding hydrogens is 275 g/mol. The third-order valence-electron chi connectivity index (χ3n) is 2.84. The second-order valence-electron chi connectivity index (χ2n) is 4.35. The van der Waals surface area contributed by atoms with E-state index in [1.165, 1.54) is 12.1 Å². The van der Waals surface area contributed by atoms with E-state index in [2.05, 4.69) is 0 Å². The Morgan fingerprint density at radius 1 is 1.15 bits per heavy atom. The minimum absolute atomic E-state index is 0.238. The van der Waals surface area contributed by atoms with Gasteiger partial charge in [0.2, 0.25) is 0 Å². The molecule has 0 spiro atoms. The quantitative estimate of drug-likeness (QED) is 0.856. The van der Waals surface area contributed by atoms with Crippen molar-refractivity contribution in [3.8, 4) is 0 Å². The molecule has 3 amide bonds. The zero-order valence-electron chi connectivity index (χ0n) is 10.4. The van der Waals surface area contributed by atoms with Crippen molar-refractivity contribution in [1.29, 1.82) is 0 Å². The molecule has 0 saturated carbocycles. The van der Waals surface area contributed by atoms with E-state index >= 15 is 0 Å². The number of urea groups is 1. The van der Waals surface area contributed by atoms with Crippen LogP contribution >= 0.6 is 0 Å². The van der Waals surface area contributed by atoms with Crippen molar-refractivity contribution in [3.63, 3.8) is 0 Å². The zero-order valence-corrected chi connectivity index (χ0v) is 10.4. The summed E-state index contributed by atoms with van der Waals surface area (Å²) in [6.45, 7) is -1.71. The number of halogens is 3. The standard InChI is InChI=1S/C12H12F3N3O2/c13-12(14,15)7-17-6-10(19)18(11(17)20)9-3-1-8(5-16)2-4-9/h1-4H,5-7,16H2. The normalized spacial score (nSPS) is 16.2. The van der Waals surface area contributed by atoms with Crippen LogP contribution in [0.25, 0.3) is 0 Å². The molecule has 0 bridgehead atoms. The largest absolute Gasteiger partial charge is 0.406 e. The minimum atomic E-state index is -4.53. The second kappa shape index (κ2) is 5.12. The van der Waals surface area contributed by atoms with Gasteiger partial charge in [-0.1, -0.05) is 12.1 Å². The van der Waals surface area contributed by atoms with E-state index in [1.807, 2.05) is 0 Å². The first-order valence-electron chi connectivity index (χ1n) is 5.79. The first kappa shape index (κ1) is 14.3. The van der Waals surface area contributed by atoms with Crippen LogP contribution in [0.3, 0.4) is 0 Å². The third-order valence-corrected chi connectivity index (χ3v) is 2.84. The van der Waals surface area contributed by atoms with Gasteiger partial charge in [-0.05, 0) is 17.7 Å². The molecule has 1 aromatic rings. The molecule has 2 N–H and O–H groups in total. The fraction of sp³-hybridized carbons (Fsp3) is 0.333. The SMILES string of the molecule is NCc1ccc(N2C(=O)CN(CC(F)(F)F)C2=O)cc1. The van der Waals surface area contributed by atoms with E-state index in [-0.39, 0.29) is 5.69 Å². The van der Waals surface area contributed by atoms with E-state index in [0.29, 0.717) is 11.4 Å². The molecule has 20 heavy (non-hydrogen) atoms. The van der Waals surface area contributed by atoms with Crippen molar-refractivity contribution < 1.29 is 22.8 Å². The van der Waals surface area contributed by atoms with Crippen LogP contribution in [0.5, 0.6) is 0 Å². The number of benzene rings is 1. The molecule has 0 aromatic heterocycles. The van der Waals surface area contributed by atoms with Gasteiger partial charge in [-0.25, -0.2) is 9.69 Å². The number of anilines is 1. The number of hydrogen-bond acceptors (Lipinski definition) is 3. The molecule has 1 aromatic carbocycles. The van der Waals surface area contributed by atoms with Crippen LogP contribution in [-0.2, 0) is 11.3 Å². The number of rotatable bonds is 3. The highest BCUT2D eigenvalue weighted by Gasteiger charge is 2.42. The molecular formula is C12H12F3N3O2. The fourth-order valence-electron chi connectivity index (χ4n) is 1.93. The first-order chi connectivity index (χ1) is 9.31. The summed E-state index contributed by atoms with van der Waals surface area (Å²) in [4.78, 5) is 24.8. The van der Waals surface area contributed by atoms with E-state index in [9.17, 15) is 22.8 Å². The fourth-order valence-corrected chi connectivity index (χ4v) is 1.93. The number of nitrogens with two attached hydrogens (primary N) is 1. The minimum Gasteiger partial charge on any atom is -0.326 e. The highest BCUT2D eigenvalue weighted by molar-refractivity contribution is 6.19. The topological polar surface area (TPSA) is 66.6 Å². The number of amides is 3. The summed E-state index contributed by atoms with van der Waals surface area (Å²) >= 11 is 0. The summed E-state index contributed by atoms with van der Waals surface area (Å²) in [5.41, 5.74) is 6.45. The van der Waals surface area contributed by atoms with Crippen molar-refractivity contribution in [2.24, 2.45) is 5.73 Å². The van der Waals surface area contributed by atoms with Crippen molar-refractivity contribution in [3.05, 3.63) is 29.8 Å². The first-order valence-corrected chi connectivity index (χ1v) is 5.79. The van der Waals surface area contributed by atoms with Crippen molar-refractivity contribution in [1.82, 2.24) is 4.90 Å². The third kappa shape index (κ3) is 2.90. The Morgan fingerprint density at radius 3 is 2.25 bits per heavy atom. The molecule has 0 aliphatic carbocycles. The molecule has 5 nitrogen and oxygen atoms in total. The number of carbonyl (C=O) groups excluding carboxylic acids is 2. The van der Waals surface area contributed by atoms with Crippen LogP contribution in [-0.4, -0.2) is 36.1 Å². The van der Waals surface area contributed by atoms with Crippen LogP contribution in [0.15, 0.2) is 24.3 Å². The molecule has 1 fully saturated rings. The Bertz CT molecular complexity index is 528. The summed E-state index contributed by atoms with van der Waals surface area (Å²) in [5.74, 6) is -0.681. The van der Waals surface area contributed by atoms with Gasteiger partial charge < -0.3 is 10.6 Å². The Hall–Kier alpha value is -2.09. The van der Waals surface area contributed by atoms with Gasteiger partial charge in [-0.2, -0.15) is 13.2 Å². The molecule has 1 saturated heterocycles. The van der Waals surface area contributed by atoms with Gasteiger partial charge >= 0.3 is 12.2 Å². The lowest BCUT2D eigenvalue weighted by Crippen LogP contribution is -2.38. The maximum absolute atomic E-state index is 12.3. The van der Waals surface area contributed by atoms with Gasteiger partial charge in [0, 0.05) is 6.54 Å². The zero-order chi connectivity index (χ0) is 14.9. The lowest BCUT2D eigenvalue weighted by molar-refractivity contribution is -0.139. The van der Waals surface area contributed by atoms with E-state index in [0.717, 1.165) is 10.5 Å². The van der Waals surface area contributed by atoms with Gasteiger partial charge in [-0.3, -0.25) is 4.79 Å². The molecule has 2 rings (SSSR count). The van der Waals surface area contributed by atoms with Crippen molar-refractivity contribution in [2.45, 2.75) is 12.7 Å². The maximum atomic E-state index is 12.3. The average Bonchev–Trinajstić information content (AvgIpc) is 2.63. The Labute approximate surface area is 112 Å². The summed E-state index contributed by atoms with van der Waals surface area (Å²) in [6, 6.07) is 5.22. The molecule has 1 aliphatic heterocycles. The lowest BCUT2D eigenvalue weighted by atomic mass is 10.2. The van der Waals surface area contributed by atoms with Crippen LogP contribution in [0.4, 0.5) is 23.7 Å². The summed E-state index contributed by atoms with van der Waals surface area (Å²) in [6.07, 6.45) is -4.53. The van der Waals surface area contributed by atoms with Crippen LogP contribution in [0.2, 0.25) is 0 Å². The van der Waals surface area contributed by atoms with E-state index < -0.39 is 31.2 Å². The average molecular weight is 287 g/mol. The van der Waals surface area contributed by atoms with Gasteiger partial charge in [0.1, 0.15) is 13.1 Å². The molecule has 0 unspecified atom stereocenters. The summed E-state index contributed by atoms with van der Waals surface area (Å²) < 4.78 is 36.9. The van der Waals surface area contributed by atoms with Gasteiger partial charge in [0.05, 0.1) is 5.69 Å². The van der Waals surface area contributed by atoms with Crippen LogP contribution in [0.1, 0.15) is 5.56 Å². The summed E-state index contributed by atoms with van der Waals surface area (Å²) in [7, 11) is 0. The summed E-state index contributed by atoms with van der Waals surface area (Å²) in [5, 5.41) is 0. The maximum Gasteiger partial charge on any atom is 0.406 e. The Kier molecular flexibility index (Phi) is 3.67. The predicted molar refractivity (Wildman–Crippen MR) is 64.8 cm³/mol. The smallest absolute Gasteiger partial charge is 0.326 e. The van der Waals surface area contributed by atoms with Crippen LogP contribution in [0, 0.1) is 0 Å². The van der Waals surface area contributed by atoms with Gasteiger partial charge in [0.15, 0.2) is 0 Å². The van der Waals surface area contributed by atoms with Gasteiger partial charge in [-0.15, -0.1) is 0 Å². The molecule has 108 valence electrons. The Morgan fingerprint density at radius 2 is 1.75 bits per heavy atom. The van der Waals surface area contributed by atoms with Crippen molar-refractivity contribution in [2.75, 3.05) is 18.0 Å². The molecule has 0 atom stereocenters. The second-order valence-corrected chi connectivity index (χ2v) is 4.35. The molecule has 1 aliphatic rings. The highest BCUT2D eigenvalue weighted by atomic mass is 19.4. The van der Waals surface area contributed by atoms with Gasteiger partial charge in [0.25, 0.3) is 5.91 Å². The molecule has 1 heterocycles.